The molecule has 6 nitrogen and oxygen atoms in total. The van der Waals surface area contributed by atoms with E-state index in [1.807, 2.05) is 30.0 Å². The first-order valence-corrected chi connectivity index (χ1v) is 10.5. The van der Waals surface area contributed by atoms with Crippen LogP contribution in [0.3, 0.4) is 0 Å². The van der Waals surface area contributed by atoms with Gasteiger partial charge in [0.15, 0.2) is 5.76 Å². The molecule has 2 heterocycles. The number of hydrogen-bond donors (Lipinski definition) is 1. The number of rotatable bonds is 3. The number of carbonyl (C=O) groups is 2. The third kappa shape index (κ3) is 4.11. The van der Waals surface area contributed by atoms with Gasteiger partial charge in [0, 0.05) is 36.2 Å². The Morgan fingerprint density at radius 1 is 1.00 bits per heavy atom. The van der Waals surface area contributed by atoms with E-state index in [-0.39, 0.29) is 11.8 Å². The van der Waals surface area contributed by atoms with E-state index >= 15 is 0 Å². The van der Waals surface area contributed by atoms with Gasteiger partial charge in [0.25, 0.3) is 11.8 Å². The van der Waals surface area contributed by atoms with Gasteiger partial charge in [-0.05, 0) is 44.7 Å². The van der Waals surface area contributed by atoms with E-state index in [9.17, 15) is 9.59 Å². The van der Waals surface area contributed by atoms with Gasteiger partial charge in [0.1, 0.15) is 5.76 Å². The van der Waals surface area contributed by atoms with Crippen LogP contribution in [0.4, 0.5) is 0 Å². The maximum absolute atomic E-state index is 13.1. The Kier molecular flexibility index (Phi) is 5.79. The highest BCUT2D eigenvalue weighted by Crippen LogP contribution is 2.31. The van der Waals surface area contributed by atoms with E-state index in [0.29, 0.717) is 11.3 Å². The minimum atomic E-state index is -0.243. The molecule has 1 N–H and O–H groups in total. The molecule has 0 spiro atoms. The number of furan rings is 1. The highest BCUT2D eigenvalue weighted by Gasteiger charge is 2.30. The number of hydrogen-bond acceptors (Lipinski definition) is 4. The van der Waals surface area contributed by atoms with Gasteiger partial charge in [-0.1, -0.05) is 31.0 Å². The molecule has 29 heavy (non-hydrogen) atoms. The number of nitrogens with one attached hydrogen (secondary N) is 1. The van der Waals surface area contributed by atoms with Crippen molar-refractivity contribution in [3.05, 3.63) is 58.5 Å². The number of likely N-dealkylation sites (tertiary alicyclic amines) is 1. The van der Waals surface area contributed by atoms with E-state index < -0.39 is 0 Å². The lowest BCUT2D eigenvalue weighted by Gasteiger charge is -2.19. The zero-order chi connectivity index (χ0) is 20.2. The van der Waals surface area contributed by atoms with Gasteiger partial charge in [-0.3, -0.25) is 9.59 Å². The molecule has 0 bridgehead atoms. The molecule has 6 heteroatoms. The molecule has 1 aliphatic heterocycles. The zero-order valence-corrected chi connectivity index (χ0v) is 16.9. The molecule has 0 saturated carbocycles. The van der Waals surface area contributed by atoms with Crippen molar-refractivity contribution in [3.8, 4) is 0 Å². The lowest BCUT2D eigenvalue weighted by atomic mass is 9.93. The lowest BCUT2D eigenvalue weighted by Crippen LogP contribution is -2.32. The Labute approximate surface area is 171 Å². The molecule has 4 rings (SSSR count). The van der Waals surface area contributed by atoms with Crippen molar-refractivity contribution in [2.75, 3.05) is 13.1 Å². The summed E-state index contributed by atoms with van der Waals surface area (Å²) in [5.41, 5.74) is 5.73. The van der Waals surface area contributed by atoms with Gasteiger partial charge in [0.2, 0.25) is 0 Å². The summed E-state index contributed by atoms with van der Waals surface area (Å²) in [7, 11) is 0. The van der Waals surface area contributed by atoms with Gasteiger partial charge in [-0.15, -0.1) is 0 Å². The van der Waals surface area contributed by atoms with Crippen LogP contribution in [-0.4, -0.2) is 35.5 Å². The van der Waals surface area contributed by atoms with Crippen molar-refractivity contribution in [1.29, 1.82) is 0 Å². The molecule has 1 aromatic heterocycles. The fourth-order valence-electron chi connectivity index (χ4n) is 4.17. The first kappa shape index (κ1) is 19.4. The van der Waals surface area contributed by atoms with Crippen LogP contribution < -0.4 is 5.43 Å². The van der Waals surface area contributed by atoms with Crippen LogP contribution in [0.2, 0.25) is 0 Å². The SMILES string of the molecule is Cc1c(C(=O)N2CCCCCC2)oc2c1/C(=N/NC(=O)c1ccccc1)CCC2. The fraction of sp³-hybridized carbons (Fsp3) is 0.435. The standard InChI is InChI=1S/C23H27N3O3/c1-16-20-18(24-25-22(27)17-10-5-4-6-11-17)12-9-13-19(20)29-21(16)23(28)26-14-7-2-3-8-15-26/h4-6,10-11H,2-3,7-9,12-15H2,1H3,(H,25,27)/b24-18+. The van der Waals surface area contributed by atoms with Crippen molar-refractivity contribution in [2.45, 2.75) is 51.9 Å². The van der Waals surface area contributed by atoms with Crippen LogP contribution in [0, 0.1) is 6.92 Å². The van der Waals surface area contributed by atoms with Crippen molar-refractivity contribution in [2.24, 2.45) is 5.10 Å². The lowest BCUT2D eigenvalue weighted by molar-refractivity contribution is 0.0726. The van der Waals surface area contributed by atoms with Crippen LogP contribution in [0.1, 0.15) is 76.3 Å². The number of nitrogens with zero attached hydrogens (tertiary/aromatic N) is 2. The van der Waals surface area contributed by atoms with Crippen molar-refractivity contribution in [3.63, 3.8) is 0 Å². The molecule has 1 saturated heterocycles. The topological polar surface area (TPSA) is 74.9 Å². The summed E-state index contributed by atoms with van der Waals surface area (Å²) in [6.45, 7) is 3.50. The molecule has 2 aliphatic rings. The fourth-order valence-corrected chi connectivity index (χ4v) is 4.17. The molecular weight excluding hydrogens is 366 g/mol. The quantitative estimate of drug-likeness (QED) is 0.799. The van der Waals surface area contributed by atoms with E-state index in [1.165, 1.54) is 12.8 Å². The normalized spacial score (nSPS) is 18.2. The summed E-state index contributed by atoms with van der Waals surface area (Å²) >= 11 is 0. The highest BCUT2D eigenvalue weighted by atomic mass is 16.4. The van der Waals surface area contributed by atoms with E-state index in [1.54, 1.807) is 12.1 Å². The number of aryl methyl sites for hydroxylation is 1. The maximum atomic E-state index is 13.1. The average molecular weight is 393 g/mol. The Bertz CT molecular complexity index is 922. The van der Waals surface area contributed by atoms with Gasteiger partial charge < -0.3 is 9.32 Å². The highest BCUT2D eigenvalue weighted by molar-refractivity contribution is 6.07. The smallest absolute Gasteiger partial charge is 0.289 e. The molecule has 2 amide bonds. The largest absolute Gasteiger partial charge is 0.455 e. The number of hydrazone groups is 1. The van der Waals surface area contributed by atoms with Crippen molar-refractivity contribution in [1.82, 2.24) is 10.3 Å². The molecule has 0 radical (unpaired) electrons. The molecule has 1 aromatic carbocycles. The second-order valence-corrected chi connectivity index (χ2v) is 7.78. The van der Waals surface area contributed by atoms with Crippen LogP contribution in [0.25, 0.3) is 0 Å². The van der Waals surface area contributed by atoms with Crippen LogP contribution in [0.5, 0.6) is 0 Å². The Balaban J connectivity index is 1.57. The number of carbonyl (C=O) groups excluding carboxylic acids is 2. The summed E-state index contributed by atoms with van der Waals surface area (Å²) in [6, 6.07) is 9.02. The molecule has 2 aromatic rings. The number of fused-ring (bicyclic) bond motifs is 1. The molecular formula is C23H27N3O3. The number of benzene rings is 1. The second-order valence-electron chi connectivity index (χ2n) is 7.78. The summed E-state index contributed by atoms with van der Waals surface area (Å²) in [5, 5.41) is 4.39. The Morgan fingerprint density at radius 3 is 2.45 bits per heavy atom. The van der Waals surface area contributed by atoms with Gasteiger partial charge >= 0.3 is 0 Å². The third-order valence-electron chi connectivity index (χ3n) is 5.74. The zero-order valence-electron chi connectivity index (χ0n) is 16.9. The summed E-state index contributed by atoms with van der Waals surface area (Å²) in [6.07, 6.45) is 6.86. The van der Waals surface area contributed by atoms with Gasteiger partial charge in [0.05, 0.1) is 5.71 Å². The van der Waals surface area contributed by atoms with Gasteiger partial charge in [-0.25, -0.2) is 5.43 Å². The number of amides is 2. The van der Waals surface area contributed by atoms with E-state index in [4.69, 9.17) is 4.42 Å². The molecule has 152 valence electrons. The minimum Gasteiger partial charge on any atom is -0.455 e. The summed E-state index contributed by atoms with van der Waals surface area (Å²) in [4.78, 5) is 27.3. The Morgan fingerprint density at radius 2 is 1.72 bits per heavy atom. The van der Waals surface area contributed by atoms with Crippen LogP contribution >= 0.6 is 0 Å². The maximum Gasteiger partial charge on any atom is 0.289 e. The molecule has 0 atom stereocenters. The summed E-state index contributed by atoms with van der Waals surface area (Å²) < 4.78 is 6.03. The minimum absolute atomic E-state index is 0.0218. The second kappa shape index (κ2) is 8.64. The van der Waals surface area contributed by atoms with Gasteiger partial charge in [-0.2, -0.15) is 5.10 Å². The van der Waals surface area contributed by atoms with Crippen molar-refractivity contribution < 1.29 is 14.0 Å². The van der Waals surface area contributed by atoms with E-state index in [0.717, 1.165) is 67.8 Å². The van der Waals surface area contributed by atoms with E-state index in [2.05, 4.69) is 10.5 Å². The van der Waals surface area contributed by atoms with Crippen molar-refractivity contribution >= 4 is 17.5 Å². The summed E-state index contributed by atoms with van der Waals surface area (Å²) in [5.74, 6) is 0.972. The van der Waals surface area contributed by atoms with Crippen LogP contribution in [-0.2, 0) is 6.42 Å². The first-order chi connectivity index (χ1) is 14.1. The predicted molar refractivity (Wildman–Crippen MR) is 111 cm³/mol. The monoisotopic (exact) mass is 393 g/mol. The third-order valence-corrected chi connectivity index (χ3v) is 5.74. The molecule has 0 unspecified atom stereocenters. The van der Waals surface area contributed by atoms with Crippen LogP contribution in [0.15, 0.2) is 39.9 Å². The molecule has 1 fully saturated rings. The predicted octanol–water partition coefficient (Wildman–Crippen LogP) is 4.07. The average Bonchev–Trinajstić information content (AvgIpc) is 2.93. The molecule has 1 aliphatic carbocycles. The Hall–Kier alpha value is -2.89. The first-order valence-electron chi connectivity index (χ1n) is 10.5.